The third-order valence-electron chi connectivity index (χ3n) is 11.4. The van der Waals surface area contributed by atoms with E-state index in [1.807, 2.05) is 21.1 Å². The lowest BCUT2D eigenvalue weighted by Crippen LogP contribution is -2.50. The van der Waals surface area contributed by atoms with Gasteiger partial charge in [0, 0.05) is 45.3 Å². The highest BCUT2D eigenvalue weighted by Gasteiger charge is 2.19. The molecular weight excluding hydrogens is 687 g/mol. The Balaban J connectivity index is 4.89. The van der Waals surface area contributed by atoms with E-state index in [0.717, 1.165) is 38.5 Å². The Morgan fingerprint density at radius 2 is 0.782 bits per heavy atom. The molecule has 10 nitrogen and oxygen atoms in total. The first-order valence-corrected chi connectivity index (χ1v) is 23.6. The smallest absolute Gasteiger partial charge is 0.237 e. The summed E-state index contributed by atoms with van der Waals surface area (Å²) in [5, 5.41) is 30.4. The number of likely N-dealkylation sites (N-methyl/N-ethyl adjacent to an activating group) is 3. The molecule has 4 atom stereocenters. The molecule has 4 unspecified atom stereocenters. The van der Waals surface area contributed by atoms with Crippen molar-refractivity contribution < 1.29 is 14.7 Å². The fourth-order valence-corrected chi connectivity index (χ4v) is 7.50. The molecule has 328 valence electrons. The molecule has 0 saturated carbocycles. The molecule has 0 spiro atoms. The standard InChI is InChI=1S/C45H95N7O3/c1-7-10-13-16-19-22-25-28-31-40(46-4)43(53)49-34-37-52(38-35-50-44(54)41(47-5)32-29-26-23-20-17-14-11-8-2)39-36-51-45(55)42(48-6)33-30-27-24-21-18-15-12-9-3/h40-43,46-49,53H,7-39H2,1-6H3,(H,50,54)(H,51,55). The van der Waals surface area contributed by atoms with E-state index in [9.17, 15) is 14.7 Å². The van der Waals surface area contributed by atoms with Gasteiger partial charge in [0.25, 0.3) is 0 Å². The number of carbonyl (C=O) groups is 2. The quantitative estimate of drug-likeness (QED) is 0.0247. The Morgan fingerprint density at radius 1 is 0.455 bits per heavy atom. The molecule has 0 heterocycles. The van der Waals surface area contributed by atoms with Crippen LogP contribution < -0.4 is 31.9 Å². The summed E-state index contributed by atoms with van der Waals surface area (Å²) in [6.07, 6.45) is 32.3. The predicted molar refractivity (Wildman–Crippen MR) is 237 cm³/mol. The van der Waals surface area contributed by atoms with Gasteiger partial charge in [-0.15, -0.1) is 0 Å². The van der Waals surface area contributed by atoms with E-state index < -0.39 is 6.23 Å². The summed E-state index contributed by atoms with van der Waals surface area (Å²) < 4.78 is 0. The molecule has 0 aromatic rings. The van der Waals surface area contributed by atoms with Crippen LogP contribution in [0.4, 0.5) is 0 Å². The second kappa shape index (κ2) is 40.9. The van der Waals surface area contributed by atoms with Crippen LogP contribution in [0.2, 0.25) is 0 Å². The van der Waals surface area contributed by atoms with Crippen LogP contribution in [0.25, 0.3) is 0 Å². The van der Waals surface area contributed by atoms with Gasteiger partial charge in [0.1, 0.15) is 6.23 Å². The van der Waals surface area contributed by atoms with Gasteiger partial charge in [-0.05, 0) is 40.4 Å². The Bertz CT molecular complexity index is 790. The summed E-state index contributed by atoms with van der Waals surface area (Å²) in [4.78, 5) is 28.4. The van der Waals surface area contributed by atoms with Crippen molar-refractivity contribution in [1.29, 1.82) is 0 Å². The van der Waals surface area contributed by atoms with Crippen molar-refractivity contribution in [3.8, 4) is 0 Å². The van der Waals surface area contributed by atoms with E-state index in [-0.39, 0.29) is 29.9 Å². The largest absolute Gasteiger partial charge is 0.377 e. The van der Waals surface area contributed by atoms with Crippen molar-refractivity contribution in [3.63, 3.8) is 0 Å². The van der Waals surface area contributed by atoms with Gasteiger partial charge in [0.15, 0.2) is 0 Å². The minimum atomic E-state index is -0.628. The van der Waals surface area contributed by atoms with Crippen molar-refractivity contribution in [2.75, 3.05) is 60.4 Å². The van der Waals surface area contributed by atoms with Crippen LogP contribution in [0.5, 0.6) is 0 Å². The highest BCUT2D eigenvalue weighted by atomic mass is 16.3. The molecule has 0 radical (unpaired) electrons. The van der Waals surface area contributed by atoms with Crippen LogP contribution in [-0.4, -0.2) is 107 Å². The molecule has 0 aromatic carbocycles. The Morgan fingerprint density at radius 3 is 1.13 bits per heavy atom. The van der Waals surface area contributed by atoms with Crippen molar-refractivity contribution in [3.05, 3.63) is 0 Å². The van der Waals surface area contributed by atoms with Crippen LogP contribution in [0.3, 0.4) is 0 Å². The van der Waals surface area contributed by atoms with Crippen LogP contribution in [0, 0.1) is 0 Å². The van der Waals surface area contributed by atoms with E-state index >= 15 is 0 Å². The van der Waals surface area contributed by atoms with Gasteiger partial charge in [0.05, 0.1) is 12.1 Å². The molecule has 0 bridgehead atoms. The average Bonchev–Trinajstić information content (AvgIpc) is 3.18. The molecule has 0 saturated heterocycles. The zero-order chi connectivity index (χ0) is 40.6. The number of nitrogens with zero attached hydrogens (tertiary/aromatic N) is 1. The predicted octanol–water partition coefficient (Wildman–Crippen LogP) is 7.79. The van der Waals surface area contributed by atoms with Crippen molar-refractivity contribution >= 4 is 11.8 Å². The molecule has 0 fully saturated rings. The number of carbonyl (C=O) groups excluding carboxylic acids is 2. The summed E-state index contributed by atoms with van der Waals surface area (Å²) in [7, 11) is 5.68. The van der Waals surface area contributed by atoms with Gasteiger partial charge in [-0.1, -0.05) is 175 Å². The topological polar surface area (TPSA) is 130 Å². The number of hydrogen-bond acceptors (Lipinski definition) is 8. The number of aliphatic hydroxyl groups is 1. The molecule has 0 aliphatic rings. The summed E-state index contributed by atoms with van der Waals surface area (Å²) in [6, 6.07) is -0.349. The van der Waals surface area contributed by atoms with Gasteiger partial charge in [0.2, 0.25) is 11.8 Å². The summed E-state index contributed by atoms with van der Waals surface area (Å²) >= 11 is 0. The summed E-state index contributed by atoms with van der Waals surface area (Å²) in [5.41, 5.74) is 0. The molecule has 10 heteroatoms. The first kappa shape index (κ1) is 53.7. The van der Waals surface area contributed by atoms with Crippen molar-refractivity contribution in [1.82, 2.24) is 36.8 Å². The maximum atomic E-state index is 13.1. The molecule has 55 heavy (non-hydrogen) atoms. The lowest BCUT2D eigenvalue weighted by molar-refractivity contribution is -0.123. The van der Waals surface area contributed by atoms with Gasteiger partial charge in [-0.25, -0.2) is 0 Å². The second-order valence-electron chi connectivity index (χ2n) is 16.2. The van der Waals surface area contributed by atoms with Crippen LogP contribution in [0.1, 0.15) is 194 Å². The average molecular weight is 782 g/mol. The zero-order valence-electron chi connectivity index (χ0n) is 37.4. The zero-order valence-corrected chi connectivity index (χ0v) is 37.4. The maximum Gasteiger partial charge on any atom is 0.237 e. The van der Waals surface area contributed by atoms with E-state index in [2.05, 4.69) is 57.6 Å². The number of nitrogens with one attached hydrogen (secondary N) is 6. The second-order valence-corrected chi connectivity index (χ2v) is 16.2. The minimum absolute atomic E-state index is 0.00573. The molecule has 7 N–H and O–H groups in total. The number of amides is 2. The highest BCUT2D eigenvalue weighted by molar-refractivity contribution is 5.82. The normalized spacial score (nSPS) is 13.9. The Labute approximate surface area is 341 Å². The van der Waals surface area contributed by atoms with E-state index in [1.165, 1.54) is 135 Å². The fourth-order valence-electron chi connectivity index (χ4n) is 7.50. The third kappa shape index (κ3) is 32.4. The van der Waals surface area contributed by atoms with Gasteiger partial charge >= 0.3 is 0 Å². The molecule has 0 aliphatic heterocycles. The summed E-state index contributed by atoms with van der Waals surface area (Å²) in [6.45, 7) is 10.5. The van der Waals surface area contributed by atoms with Crippen LogP contribution >= 0.6 is 0 Å². The van der Waals surface area contributed by atoms with E-state index in [4.69, 9.17) is 0 Å². The Kier molecular flexibility index (Phi) is 39.9. The third-order valence-corrected chi connectivity index (χ3v) is 11.4. The Hall–Kier alpha value is -1.30. The number of rotatable bonds is 43. The lowest BCUT2D eigenvalue weighted by Gasteiger charge is -2.27. The first-order valence-electron chi connectivity index (χ1n) is 23.6. The summed E-state index contributed by atoms with van der Waals surface area (Å²) in [5.74, 6) is 0.116. The van der Waals surface area contributed by atoms with Crippen LogP contribution in [-0.2, 0) is 9.59 Å². The first-order chi connectivity index (χ1) is 26.9. The maximum absolute atomic E-state index is 13.1. The fraction of sp³-hybridized carbons (Fsp3) is 0.956. The number of unbranched alkanes of at least 4 members (excludes halogenated alkanes) is 21. The lowest BCUT2D eigenvalue weighted by atomic mass is 10.0. The molecule has 2 amide bonds. The van der Waals surface area contributed by atoms with Gasteiger partial charge < -0.3 is 31.7 Å². The van der Waals surface area contributed by atoms with Crippen molar-refractivity contribution in [2.24, 2.45) is 0 Å². The monoisotopic (exact) mass is 782 g/mol. The SMILES string of the molecule is CCCCCCCCCCC(NC)C(=O)NCCN(CCNC(=O)C(CCCCCCCCCC)NC)CCNC(O)C(CCCCCCCCCC)NC. The molecule has 0 aliphatic carbocycles. The number of aliphatic hydroxyl groups excluding tert-OH is 1. The highest BCUT2D eigenvalue weighted by Crippen LogP contribution is 2.13. The molecule has 0 aromatic heterocycles. The molecular formula is C45H95N7O3. The minimum Gasteiger partial charge on any atom is -0.377 e. The molecule has 0 rings (SSSR count). The van der Waals surface area contributed by atoms with Gasteiger partial charge in [-0.2, -0.15) is 0 Å². The van der Waals surface area contributed by atoms with Crippen molar-refractivity contribution in [2.45, 2.75) is 218 Å². The van der Waals surface area contributed by atoms with Crippen LogP contribution in [0.15, 0.2) is 0 Å². The van der Waals surface area contributed by atoms with E-state index in [1.54, 1.807) is 0 Å². The van der Waals surface area contributed by atoms with E-state index in [0.29, 0.717) is 39.3 Å². The van der Waals surface area contributed by atoms with Gasteiger partial charge in [-0.3, -0.25) is 19.8 Å². The number of hydrogen-bond donors (Lipinski definition) is 7.